The topological polar surface area (TPSA) is 81.5 Å². The number of nitrogens with one attached hydrogen (secondary N) is 1. The molecule has 1 amide bonds. The van der Waals surface area contributed by atoms with Crippen LogP contribution in [0.2, 0.25) is 0 Å². The SMILES string of the molecule is O=C(Nc1c([N+](=O)[O-])cc(Br)c(F)c1C1CCCCO1)C(F)(F)F. The largest absolute Gasteiger partial charge is 0.471 e. The van der Waals surface area contributed by atoms with Crippen molar-refractivity contribution in [2.45, 2.75) is 31.5 Å². The van der Waals surface area contributed by atoms with Gasteiger partial charge in [-0.25, -0.2) is 4.39 Å². The van der Waals surface area contributed by atoms with Crippen LogP contribution in [-0.2, 0) is 9.53 Å². The Morgan fingerprint density at radius 1 is 1.42 bits per heavy atom. The second-order valence-electron chi connectivity index (χ2n) is 5.04. The third-order valence-electron chi connectivity index (χ3n) is 3.43. The van der Waals surface area contributed by atoms with Gasteiger partial charge >= 0.3 is 12.1 Å². The Kier molecular flexibility index (Phi) is 5.43. The summed E-state index contributed by atoms with van der Waals surface area (Å²) in [6.07, 6.45) is -4.71. The van der Waals surface area contributed by atoms with Gasteiger partial charge in [0.15, 0.2) is 0 Å². The molecule has 1 aliphatic rings. The van der Waals surface area contributed by atoms with Gasteiger partial charge in [-0.2, -0.15) is 13.2 Å². The fourth-order valence-corrected chi connectivity index (χ4v) is 2.79. The molecule has 1 saturated heterocycles. The van der Waals surface area contributed by atoms with Crippen LogP contribution in [0.25, 0.3) is 0 Å². The summed E-state index contributed by atoms with van der Waals surface area (Å²) in [4.78, 5) is 21.3. The average Bonchev–Trinajstić information content (AvgIpc) is 2.50. The van der Waals surface area contributed by atoms with Crippen molar-refractivity contribution in [2.75, 3.05) is 11.9 Å². The van der Waals surface area contributed by atoms with Crippen molar-refractivity contribution < 1.29 is 32.0 Å². The van der Waals surface area contributed by atoms with Crippen LogP contribution in [0.5, 0.6) is 0 Å². The van der Waals surface area contributed by atoms with Gasteiger partial charge < -0.3 is 10.1 Å². The van der Waals surface area contributed by atoms with Crippen LogP contribution in [0, 0.1) is 15.9 Å². The van der Waals surface area contributed by atoms with Crippen molar-refractivity contribution in [3.63, 3.8) is 0 Å². The minimum atomic E-state index is -5.28. The standard InChI is InChI=1S/C13H11BrF4N2O4/c14-6-5-7(20(22)23)11(19-12(21)13(16,17)18)9(10(6)15)8-3-1-2-4-24-8/h5,8H,1-4H2,(H,19,21). The molecule has 1 fully saturated rings. The average molecular weight is 415 g/mol. The number of carbonyl (C=O) groups is 1. The molecule has 0 radical (unpaired) electrons. The van der Waals surface area contributed by atoms with Crippen molar-refractivity contribution in [1.29, 1.82) is 0 Å². The Labute approximate surface area is 141 Å². The summed E-state index contributed by atoms with van der Waals surface area (Å²) in [7, 11) is 0. The highest BCUT2D eigenvalue weighted by molar-refractivity contribution is 9.10. The Balaban J connectivity index is 2.60. The number of nitrogens with zero attached hydrogens (tertiary/aromatic N) is 1. The summed E-state index contributed by atoms with van der Waals surface area (Å²) in [5.74, 6) is -3.44. The molecule has 132 valence electrons. The number of rotatable bonds is 3. The van der Waals surface area contributed by atoms with E-state index in [9.17, 15) is 32.5 Å². The number of nitro benzene ring substituents is 1. The molecule has 1 heterocycles. The van der Waals surface area contributed by atoms with Crippen molar-refractivity contribution >= 4 is 33.2 Å². The summed E-state index contributed by atoms with van der Waals surface area (Å²) >= 11 is 2.80. The van der Waals surface area contributed by atoms with Crippen molar-refractivity contribution in [3.8, 4) is 0 Å². The molecular weight excluding hydrogens is 404 g/mol. The molecule has 1 aliphatic heterocycles. The number of hydrogen-bond donors (Lipinski definition) is 1. The fourth-order valence-electron chi connectivity index (χ4n) is 2.36. The molecule has 0 spiro atoms. The van der Waals surface area contributed by atoms with E-state index < -0.39 is 45.9 Å². The molecule has 1 aromatic carbocycles. The molecular formula is C13H11BrF4N2O4. The Morgan fingerprint density at radius 2 is 2.08 bits per heavy atom. The summed E-state index contributed by atoms with van der Waals surface area (Å²) in [6, 6.07) is 0.702. The Hall–Kier alpha value is -1.75. The molecule has 1 unspecified atom stereocenters. The van der Waals surface area contributed by atoms with Gasteiger partial charge in [0.2, 0.25) is 0 Å². The highest BCUT2D eigenvalue weighted by Crippen LogP contribution is 2.43. The summed E-state index contributed by atoms with van der Waals surface area (Å²) < 4.78 is 57.0. The minimum absolute atomic E-state index is 0.233. The fraction of sp³-hybridized carbons (Fsp3) is 0.462. The Bertz CT molecular complexity index is 675. The molecule has 24 heavy (non-hydrogen) atoms. The predicted octanol–water partition coefficient (Wildman–Crippen LogP) is 4.24. The number of anilines is 1. The zero-order valence-electron chi connectivity index (χ0n) is 12.0. The maximum absolute atomic E-state index is 14.5. The molecule has 0 bridgehead atoms. The molecule has 0 aliphatic carbocycles. The zero-order valence-corrected chi connectivity index (χ0v) is 13.5. The van der Waals surface area contributed by atoms with Crippen LogP contribution in [0.4, 0.5) is 28.9 Å². The first-order valence-corrected chi connectivity index (χ1v) is 7.58. The number of benzene rings is 1. The highest BCUT2D eigenvalue weighted by Gasteiger charge is 2.41. The number of ether oxygens (including phenoxy) is 1. The van der Waals surface area contributed by atoms with Crippen LogP contribution in [0.3, 0.4) is 0 Å². The van der Waals surface area contributed by atoms with Crippen LogP contribution in [0.1, 0.15) is 30.9 Å². The van der Waals surface area contributed by atoms with Crippen molar-refractivity contribution in [1.82, 2.24) is 0 Å². The molecule has 11 heteroatoms. The first-order chi connectivity index (χ1) is 11.1. The van der Waals surface area contributed by atoms with E-state index in [1.165, 1.54) is 5.32 Å². The van der Waals surface area contributed by atoms with Gasteiger partial charge in [-0.05, 0) is 35.2 Å². The van der Waals surface area contributed by atoms with Gasteiger partial charge in [0.05, 0.1) is 15.5 Å². The molecule has 0 saturated carbocycles. The van der Waals surface area contributed by atoms with E-state index in [-0.39, 0.29) is 17.5 Å². The van der Waals surface area contributed by atoms with Crippen LogP contribution >= 0.6 is 15.9 Å². The second-order valence-corrected chi connectivity index (χ2v) is 5.90. The number of nitro groups is 1. The quantitative estimate of drug-likeness (QED) is 0.455. The zero-order chi connectivity index (χ0) is 18.1. The number of amides is 1. The molecule has 2 rings (SSSR count). The maximum Gasteiger partial charge on any atom is 0.471 e. The molecule has 1 aromatic rings. The lowest BCUT2D eigenvalue weighted by atomic mass is 9.98. The van der Waals surface area contributed by atoms with E-state index >= 15 is 0 Å². The lowest BCUT2D eigenvalue weighted by molar-refractivity contribution is -0.384. The van der Waals surface area contributed by atoms with E-state index in [1.807, 2.05) is 0 Å². The van der Waals surface area contributed by atoms with Crippen molar-refractivity contribution in [2.24, 2.45) is 0 Å². The normalized spacial score (nSPS) is 18.3. The van der Waals surface area contributed by atoms with Gasteiger partial charge in [-0.15, -0.1) is 0 Å². The molecule has 6 nitrogen and oxygen atoms in total. The van der Waals surface area contributed by atoms with E-state index in [2.05, 4.69) is 15.9 Å². The minimum Gasteiger partial charge on any atom is -0.373 e. The number of alkyl halides is 3. The smallest absolute Gasteiger partial charge is 0.373 e. The van der Waals surface area contributed by atoms with E-state index in [1.54, 1.807) is 0 Å². The van der Waals surface area contributed by atoms with Gasteiger partial charge in [0, 0.05) is 18.2 Å². The summed E-state index contributed by atoms with van der Waals surface area (Å²) in [6.45, 7) is 0.233. The monoisotopic (exact) mass is 414 g/mol. The third-order valence-corrected chi connectivity index (χ3v) is 4.01. The van der Waals surface area contributed by atoms with Crippen LogP contribution < -0.4 is 5.32 Å². The van der Waals surface area contributed by atoms with E-state index in [0.717, 1.165) is 0 Å². The van der Waals surface area contributed by atoms with Gasteiger partial charge in [-0.3, -0.25) is 14.9 Å². The second kappa shape index (κ2) is 7.01. The van der Waals surface area contributed by atoms with Gasteiger partial charge in [0.1, 0.15) is 11.5 Å². The number of carbonyl (C=O) groups excluding carboxylic acids is 1. The third kappa shape index (κ3) is 3.83. The Morgan fingerprint density at radius 3 is 2.58 bits per heavy atom. The lowest BCUT2D eigenvalue weighted by Gasteiger charge is -2.25. The van der Waals surface area contributed by atoms with Crippen molar-refractivity contribution in [3.05, 3.63) is 32.0 Å². The van der Waals surface area contributed by atoms with Crippen LogP contribution in [-0.4, -0.2) is 23.6 Å². The first kappa shape index (κ1) is 18.6. The molecule has 1 N–H and O–H groups in total. The van der Waals surface area contributed by atoms with Gasteiger partial charge in [-0.1, -0.05) is 0 Å². The number of halogens is 5. The predicted molar refractivity (Wildman–Crippen MR) is 78.0 cm³/mol. The van der Waals surface area contributed by atoms with E-state index in [0.29, 0.717) is 18.9 Å². The van der Waals surface area contributed by atoms with Gasteiger partial charge in [0.25, 0.3) is 5.69 Å². The van der Waals surface area contributed by atoms with E-state index in [4.69, 9.17) is 4.74 Å². The maximum atomic E-state index is 14.5. The highest BCUT2D eigenvalue weighted by atomic mass is 79.9. The number of hydrogen-bond acceptors (Lipinski definition) is 4. The molecule has 1 atom stereocenters. The summed E-state index contributed by atoms with van der Waals surface area (Å²) in [5, 5.41) is 12.6. The first-order valence-electron chi connectivity index (χ1n) is 6.79. The summed E-state index contributed by atoms with van der Waals surface area (Å²) in [5.41, 5.74) is -2.16. The lowest BCUT2D eigenvalue weighted by Crippen LogP contribution is -2.31. The molecule has 0 aromatic heterocycles. The van der Waals surface area contributed by atoms with Crippen LogP contribution in [0.15, 0.2) is 10.5 Å².